The number of amides is 3. The van der Waals surface area contributed by atoms with E-state index in [1.54, 1.807) is 0 Å². The van der Waals surface area contributed by atoms with Crippen LogP contribution in [0.4, 0.5) is 4.79 Å². The lowest BCUT2D eigenvalue weighted by Crippen LogP contribution is -2.48. The van der Waals surface area contributed by atoms with Crippen LogP contribution in [0.15, 0.2) is 15.9 Å². The second kappa shape index (κ2) is 9.63. The standard InChI is InChI=1S/C24H37BrN4O2S/c1-24(2)11-7-17(8-12-24)28-13-9-19(15-28)27(4)23(31)29-14-10-18(16-29)26(3)22(30)20-5-6-21(25)32-20/h5-6,17-19H,7-16H2,1-4H3. The molecule has 3 heterocycles. The number of rotatable bonds is 4. The Morgan fingerprint density at radius 3 is 2.31 bits per heavy atom. The van der Waals surface area contributed by atoms with Crippen LogP contribution in [0.1, 0.15) is 62.0 Å². The molecule has 2 aliphatic heterocycles. The minimum atomic E-state index is 0.0375. The predicted molar refractivity (Wildman–Crippen MR) is 133 cm³/mol. The van der Waals surface area contributed by atoms with E-state index in [1.165, 1.54) is 37.0 Å². The van der Waals surface area contributed by atoms with E-state index < -0.39 is 0 Å². The van der Waals surface area contributed by atoms with Gasteiger partial charge in [0, 0.05) is 52.4 Å². The fraction of sp³-hybridized carbons (Fsp3) is 0.750. The van der Waals surface area contributed by atoms with E-state index in [2.05, 4.69) is 34.7 Å². The summed E-state index contributed by atoms with van der Waals surface area (Å²) in [5.41, 5.74) is 0.489. The highest BCUT2D eigenvalue weighted by Gasteiger charge is 2.38. The van der Waals surface area contributed by atoms with Crippen LogP contribution in [0.5, 0.6) is 0 Å². The van der Waals surface area contributed by atoms with Gasteiger partial charge < -0.3 is 14.7 Å². The first-order chi connectivity index (χ1) is 15.1. The lowest BCUT2D eigenvalue weighted by Gasteiger charge is -2.39. The maximum absolute atomic E-state index is 13.2. The third-order valence-corrected chi connectivity index (χ3v) is 9.57. The predicted octanol–water partition coefficient (Wildman–Crippen LogP) is 4.75. The number of hydrogen-bond donors (Lipinski definition) is 0. The quantitative estimate of drug-likeness (QED) is 0.570. The summed E-state index contributed by atoms with van der Waals surface area (Å²) in [5, 5.41) is 0. The molecule has 0 aromatic carbocycles. The van der Waals surface area contributed by atoms with Gasteiger partial charge in [-0.25, -0.2) is 4.79 Å². The van der Waals surface area contributed by atoms with Crippen LogP contribution in [-0.4, -0.2) is 89.9 Å². The monoisotopic (exact) mass is 524 g/mol. The SMILES string of the molecule is CN(C(=O)c1ccc(Br)s1)C1CCN(C(=O)N(C)C2CCN(C3CCC(C)(C)CC3)C2)C1. The van der Waals surface area contributed by atoms with Crippen molar-refractivity contribution in [3.05, 3.63) is 20.8 Å². The van der Waals surface area contributed by atoms with E-state index >= 15 is 0 Å². The molecule has 0 N–H and O–H groups in total. The van der Waals surface area contributed by atoms with Crippen molar-refractivity contribution in [3.8, 4) is 0 Å². The minimum Gasteiger partial charge on any atom is -0.336 e. The number of nitrogens with zero attached hydrogens (tertiary/aromatic N) is 4. The van der Waals surface area contributed by atoms with E-state index in [-0.39, 0.29) is 18.0 Å². The summed E-state index contributed by atoms with van der Waals surface area (Å²) in [6.07, 6.45) is 7.07. The Morgan fingerprint density at radius 1 is 1.00 bits per heavy atom. The molecule has 6 nitrogen and oxygen atoms in total. The number of carbonyl (C=O) groups is 2. The largest absolute Gasteiger partial charge is 0.336 e. The molecule has 3 aliphatic rings. The number of urea groups is 1. The minimum absolute atomic E-state index is 0.0375. The number of hydrogen-bond acceptors (Lipinski definition) is 4. The van der Waals surface area contributed by atoms with Crippen molar-refractivity contribution in [2.75, 3.05) is 40.3 Å². The third kappa shape index (κ3) is 5.17. The molecule has 1 aliphatic carbocycles. The molecule has 0 spiro atoms. The Bertz CT molecular complexity index is 834. The van der Waals surface area contributed by atoms with Gasteiger partial charge in [0.2, 0.25) is 0 Å². The molecule has 2 saturated heterocycles. The summed E-state index contributed by atoms with van der Waals surface area (Å²) in [4.78, 5) is 35.1. The topological polar surface area (TPSA) is 47.1 Å². The van der Waals surface area contributed by atoms with Crippen LogP contribution in [0.3, 0.4) is 0 Å². The van der Waals surface area contributed by atoms with E-state index in [4.69, 9.17) is 0 Å². The molecule has 178 valence electrons. The number of thiophene rings is 1. The van der Waals surface area contributed by atoms with E-state index in [9.17, 15) is 9.59 Å². The van der Waals surface area contributed by atoms with Gasteiger partial charge in [0.1, 0.15) is 0 Å². The smallest absolute Gasteiger partial charge is 0.320 e. The normalized spacial score (nSPS) is 26.5. The summed E-state index contributed by atoms with van der Waals surface area (Å²) in [7, 11) is 3.82. The molecule has 1 aromatic heterocycles. The Hall–Kier alpha value is -1.12. The molecule has 32 heavy (non-hydrogen) atoms. The van der Waals surface area contributed by atoms with Crippen LogP contribution in [0, 0.1) is 5.41 Å². The molecule has 2 atom stereocenters. The van der Waals surface area contributed by atoms with Crippen molar-refractivity contribution in [1.29, 1.82) is 0 Å². The van der Waals surface area contributed by atoms with Crippen LogP contribution in [0.2, 0.25) is 0 Å². The zero-order valence-electron chi connectivity index (χ0n) is 19.8. The summed E-state index contributed by atoms with van der Waals surface area (Å²) in [5.74, 6) is 0.0375. The van der Waals surface area contributed by atoms with Gasteiger partial charge in [-0.3, -0.25) is 9.69 Å². The Labute approximate surface area is 205 Å². The van der Waals surface area contributed by atoms with Crippen molar-refractivity contribution < 1.29 is 9.59 Å². The highest BCUT2D eigenvalue weighted by molar-refractivity contribution is 9.11. The van der Waals surface area contributed by atoms with E-state index in [1.807, 2.05) is 40.9 Å². The highest BCUT2D eigenvalue weighted by atomic mass is 79.9. The molecule has 0 bridgehead atoms. The van der Waals surface area contributed by atoms with Crippen molar-refractivity contribution in [1.82, 2.24) is 19.6 Å². The van der Waals surface area contributed by atoms with Crippen molar-refractivity contribution in [2.24, 2.45) is 5.41 Å². The van der Waals surface area contributed by atoms with Crippen molar-refractivity contribution >= 4 is 39.2 Å². The summed E-state index contributed by atoms with van der Waals surface area (Å²) in [6, 6.07) is 4.93. The van der Waals surface area contributed by atoms with Crippen LogP contribution < -0.4 is 0 Å². The second-order valence-corrected chi connectivity index (χ2v) is 13.1. The Morgan fingerprint density at radius 2 is 1.66 bits per heavy atom. The zero-order valence-corrected chi connectivity index (χ0v) is 22.3. The van der Waals surface area contributed by atoms with Gasteiger partial charge in [-0.15, -0.1) is 11.3 Å². The lowest BCUT2D eigenvalue weighted by molar-refractivity contribution is 0.0738. The Balaban J connectivity index is 1.28. The average molecular weight is 526 g/mol. The van der Waals surface area contributed by atoms with E-state index in [0.29, 0.717) is 30.6 Å². The second-order valence-electron chi connectivity index (χ2n) is 10.6. The number of likely N-dealkylation sites (tertiary alicyclic amines) is 2. The van der Waals surface area contributed by atoms with Crippen molar-refractivity contribution in [2.45, 2.75) is 70.5 Å². The molecule has 2 unspecified atom stereocenters. The molecule has 3 amide bonds. The van der Waals surface area contributed by atoms with Gasteiger partial charge in [-0.05, 0) is 72.0 Å². The molecule has 1 aromatic rings. The fourth-order valence-corrected chi connectivity index (χ4v) is 6.91. The molecule has 4 rings (SSSR count). The maximum Gasteiger partial charge on any atom is 0.320 e. The highest BCUT2D eigenvalue weighted by Crippen LogP contribution is 2.38. The van der Waals surface area contributed by atoms with Gasteiger partial charge >= 0.3 is 6.03 Å². The zero-order chi connectivity index (χ0) is 23.0. The first-order valence-corrected chi connectivity index (χ1v) is 13.5. The van der Waals surface area contributed by atoms with Gasteiger partial charge in [0.25, 0.3) is 5.91 Å². The number of halogens is 1. The van der Waals surface area contributed by atoms with Crippen molar-refractivity contribution in [3.63, 3.8) is 0 Å². The summed E-state index contributed by atoms with van der Waals surface area (Å²) < 4.78 is 0.960. The number of carbonyl (C=O) groups excluding carboxylic acids is 2. The van der Waals surface area contributed by atoms with Crippen LogP contribution in [-0.2, 0) is 0 Å². The average Bonchev–Trinajstić information content (AvgIpc) is 3.52. The Kier molecular flexibility index (Phi) is 7.23. The molecule has 0 radical (unpaired) electrons. The molecule has 3 fully saturated rings. The lowest BCUT2D eigenvalue weighted by atomic mass is 9.75. The number of likely N-dealkylation sites (N-methyl/N-ethyl adjacent to an activating group) is 2. The summed E-state index contributed by atoms with van der Waals surface area (Å²) in [6.45, 7) is 8.20. The molecular weight excluding hydrogens is 488 g/mol. The first kappa shape index (κ1) is 24.0. The van der Waals surface area contributed by atoms with Gasteiger partial charge in [-0.2, -0.15) is 0 Å². The third-order valence-electron chi connectivity index (χ3n) is 7.96. The fourth-order valence-electron chi connectivity index (χ4n) is 5.54. The van der Waals surface area contributed by atoms with Crippen LogP contribution >= 0.6 is 27.3 Å². The molecule has 1 saturated carbocycles. The summed E-state index contributed by atoms with van der Waals surface area (Å²) >= 11 is 4.89. The van der Waals surface area contributed by atoms with Gasteiger partial charge in [0.15, 0.2) is 0 Å². The van der Waals surface area contributed by atoms with Gasteiger partial charge in [0.05, 0.1) is 14.7 Å². The maximum atomic E-state index is 13.2. The molecular formula is C24H37BrN4O2S. The molecule has 8 heteroatoms. The van der Waals surface area contributed by atoms with E-state index in [0.717, 1.165) is 34.6 Å². The first-order valence-electron chi connectivity index (χ1n) is 11.9. The van der Waals surface area contributed by atoms with Gasteiger partial charge in [-0.1, -0.05) is 13.8 Å². The van der Waals surface area contributed by atoms with Crippen LogP contribution in [0.25, 0.3) is 0 Å².